The first kappa shape index (κ1) is 31.1. The highest BCUT2D eigenvalue weighted by atomic mass is 15.1. The van der Waals surface area contributed by atoms with E-state index < -0.39 is 0 Å². The van der Waals surface area contributed by atoms with Crippen molar-refractivity contribution in [1.82, 2.24) is 4.57 Å². The van der Waals surface area contributed by atoms with Crippen LogP contribution >= 0.6 is 0 Å². The van der Waals surface area contributed by atoms with Crippen molar-refractivity contribution >= 4 is 55.2 Å². The average molecular weight is 679 g/mol. The minimum Gasteiger partial charge on any atom is -0.310 e. The summed E-state index contributed by atoms with van der Waals surface area (Å²) in [5.74, 6) is 0.507. The Labute approximate surface area is 310 Å². The van der Waals surface area contributed by atoms with Crippen molar-refractivity contribution in [3.63, 3.8) is 0 Å². The van der Waals surface area contributed by atoms with Crippen LogP contribution in [0.25, 0.3) is 55.0 Å². The van der Waals surface area contributed by atoms with Gasteiger partial charge in [-0.15, -0.1) is 0 Å². The summed E-state index contributed by atoms with van der Waals surface area (Å²) in [4.78, 5) is 2.37. The maximum Gasteiger partial charge on any atom is 0.0547 e. The van der Waals surface area contributed by atoms with Crippen LogP contribution in [0.3, 0.4) is 0 Å². The molecule has 0 amide bonds. The fourth-order valence-corrected chi connectivity index (χ4v) is 8.47. The number of rotatable bonds is 6. The van der Waals surface area contributed by atoms with E-state index in [0.717, 1.165) is 29.2 Å². The monoisotopic (exact) mass is 678 g/mol. The molecule has 1 aliphatic carbocycles. The maximum absolute atomic E-state index is 2.44. The highest BCUT2D eigenvalue weighted by Crippen LogP contribution is 2.43. The van der Waals surface area contributed by atoms with Crippen molar-refractivity contribution in [1.29, 1.82) is 0 Å². The average Bonchev–Trinajstić information content (AvgIpc) is 3.54. The molecule has 1 heterocycles. The Kier molecular flexibility index (Phi) is 7.54. The molecule has 0 N–H and O–H groups in total. The van der Waals surface area contributed by atoms with Gasteiger partial charge in [0.15, 0.2) is 0 Å². The van der Waals surface area contributed by atoms with E-state index in [9.17, 15) is 0 Å². The number of aromatic nitrogens is 1. The molecule has 0 radical (unpaired) electrons. The van der Waals surface area contributed by atoms with E-state index in [4.69, 9.17) is 0 Å². The van der Waals surface area contributed by atoms with Crippen molar-refractivity contribution < 1.29 is 0 Å². The van der Waals surface area contributed by atoms with E-state index in [1.807, 2.05) is 0 Å². The molecule has 0 saturated carbocycles. The summed E-state index contributed by atoms with van der Waals surface area (Å²) in [5.41, 5.74) is 14.7. The minimum absolute atomic E-state index is 0.507. The van der Waals surface area contributed by atoms with Gasteiger partial charge in [0, 0.05) is 33.5 Å². The van der Waals surface area contributed by atoms with Crippen molar-refractivity contribution in [3.05, 3.63) is 211 Å². The molecule has 8 aromatic carbocycles. The molecule has 0 bridgehead atoms. The molecule has 0 aliphatic heterocycles. The van der Waals surface area contributed by atoms with E-state index in [2.05, 4.69) is 211 Å². The Hall–Kier alpha value is -6.64. The number of hydrogen-bond donors (Lipinski definition) is 0. The Balaban J connectivity index is 1.13. The number of nitrogens with zero attached hydrogens (tertiary/aromatic N) is 2. The second-order valence-electron chi connectivity index (χ2n) is 14.3. The second-order valence-corrected chi connectivity index (χ2v) is 14.3. The standard InChI is InChI=1S/C51H38N2/c1-35-30-39-16-10-11-23-45(39)47(31-35)36-26-28-43(29-27-36)52(41-18-4-2-5-19-41)44-22-12-17-40(32-44)46-24-13-25-49-51(46)48-33-37-14-8-9-15-38(37)34-50(48)53(49)42-20-6-3-7-21-42/h2-29,31-35H,30H2,1H3. The van der Waals surface area contributed by atoms with Crippen LogP contribution in [-0.2, 0) is 6.42 Å². The number of hydrogen-bond acceptors (Lipinski definition) is 1. The van der Waals surface area contributed by atoms with Crippen LogP contribution in [0.1, 0.15) is 23.6 Å². The summed E-state index contributed by atoms with van der Waals surface area (Å²) in [5, 5.41) is 5.01. The van der Waals surface area contributed by atoms with E-state index in [1.165, 1.54) is 66.0 Å². The number of para-hydroxylation sites is 2. The lowest BCUT2D eigenvalue weighted by Gasteiger charge is -2.27. The molecule has 2 nitrogen and oxygen atoms in total. The first-order valence-corrected chi connectivity index (χ1v) is 18.6. The van der Waals surface area contributed by atoms with Gasteiger partial charge in [0.1, 0.15) is 0 Å². The van der Waals surface area contributed by atoms with Crippen molar-refractivity contribution in [2.75, 3.05) is 4.90 Å². The summed E-state index contributed by atoms with van der Waals surface area (Å²) in [6.07, 6.45) is 3.53. The van der Waals surface area contributed by atoms with E-state index in [-0.39, 0.29) is 0 Å². The van der Waals surface area contributed by atoms with Crippen LogP contribution in [-0.4, -0.2) is 4.57 Å². The number of anilines is 3. The maximum atomic E-state index is 2.44. The fourth-order valence-electron chi connectivity index (χ4n) is 8.47. The number of benzene rings is 8. The van der Waals surface area contributed by atoms with Gasteiger partial charge in [0.25, 0.3) is 0 Å². The third-order valence-electron chi connectivity index (χ3n) is 10.8. The van der Waals surface area contributed by atoms with Crippen LogP contribution < -0.4 is 4.90 Å². The van der Waals surface area contributed by atoms with Gasteiger partial charge in [0.05, 0.1) is 11.0 Å². The predicted octanol–water partition coefficient (Wildman–Crippen LogP) is 13.7. The molecule has 0 fully saturated rings. The minimum atomic E-state index is 0.507. The third-order valence-corrected chi connectivity index (χ3v) is 10.8. The molecule has 53 heavy (non-hydrogen) atoms. The molecule has 1 aliphatic rings. The lowest BCUT2D eigenvalue weighted by Crippen LogP contribution is -2.10. The van der Waals surface area contributed by atoms with Crippen LogP contribution in [0, 0.1) is 5.92 Å². The molecule has 0 saturated heterocycles. The normalized spacial score (nSPS) is 14.0. The van der Waals surface area contributed by atoms with Crippen LogP contribution in [0.5, 0.6) is 0 Å². The summed E-state index contributed by atoms with van der Waals surface area (Å²) in [6.45, 7) is 2.32. The summed E-state index contributed by atoms with van der Waals surface area (Å²) in [6, 6.07) is 68.6. The Morgan fingerprint density at radius 1 is 0.491 bits per heavy atom. The fraction of sp³-hybridized carbons (Fsp3) is 0.0588. The van der Waals surface area contributed by atoms with Crippen molar-refractivity contribution in [2.45, 2.75) is 13.3 Å². The third kappa shape index (κ3) is 5.43. The van der Waals surface area contributed by atoms with E-state index in [0.29, 0.717) is 5.92 Å². The Bertz CT molecular complexity index is 2810. The molecular weight excluding hydrogens is 641 g/mol. The lowest BCUT2D eigenvalue weighted by molar-refractivity contribution is 0.714. The van der Waals surface area contributed by atoms with Gasteiger partial charge in [-0.3, -0.25) is 0 Å². The lowest BCUT2D eigenvalue weighted by atomic mass is 9.82. The molecule has 1 unspecified atom stereocenters. The molecule has 10 rings (SSSR count). The molecule has 1 aromatic heterocycles. The van der Waals surface area contributed by atoms with E-state index in [1.54, 1.807) is 0 Å². The van der Waals surface area contributed by atoms with Gasteiger partial charge in [0.2, 0.25) is 0 Å². The van der Waals surface area contributed by atoms with Crippen LogP contribution in [0.4, 0.5) is 17.1 Å². The Morgan fingerprint density at radius 3 is 1.94 bits per heavy atom. The topological polar surface area (TPSA) is 8.17 Å². The zero-order valence-corrected chi connectivity index (χ0v) is 29.7. The molecule has 252 valence electrons. The number of allylic oxidation sites excluding steroid dienone is 1. The van der Waals surface area contributed by atoms with Gasteiger partial charge in [-0.1, -0.05) is 134 Å². The first-order valence-electron chi connectivity index (χ1n) is 18.6. The van der Waals surface area contributed by atoms with Gasteiger partial charge >= 0.3 is 0 Å². The smallest absolute Gasteiger partial charge is 0.0547 e. The molecule has 0 spiro atoms. The van der Waals surface area contributed by atoms with Crippen molar-refractivity contribution in [3.8, 4) is 16.8 Å². The highest BCUT2D eigenvalue weighted by Gasteiger charge is 2.21. The van der Waals surface area contributed by atoms with Gasteiger partial charge in [-0.2, -0.15) is 0 Å². The van der Waals surface area contributed by atoms with Gasteiger partial charge in [-0.25, -0.2) is 0 Å². The second kappa shape index (κ2) is 12.8. The first-order chi connectivity index (χ1) is 26.2. The molecule has 2 heteroatoms. The van der Waals surface area contributed by atoms with Gasteiger partial charge in [-0.05, 0) is 123 Å². The number of fused-ring (bicyclic) bond motifs is 5. The summed E-state index contributed by atoms with van der Waals surface area (Å²) < 4.78 is 2.42. The van der Waals surface area contributed by atoms with Crippen molar-refractivity contribution in [2.24, 2.45) is 5.92 Å². The SMILES string of the molecule is CC1C=C(c2ccc(N(c3ccccc3)c3cccc(-c4cccc5c4c4cc6ccccc6cc4n5-c4ccccc4)c3)cc2)c2ccccc2C1. The van der Waals surface area contributed by atoms with Gasteiger partial charge < -0.3 is 9.47 Å². The van der Waals surface area contributed by atoms with Crippen LogP contribution in [0.15, 0.2) is 194 Å². The molecule has 1 atom stereocenters. The molecule has 9 aromatic rings. The highest BCUT2D eigenvalue weighted by molar-refractivity contribution is 6.18. The largest absolute Gasteiger partial charge is 0.310 e. The predicted molar refractivity (Wildman–Crippen MR) is 225 cm³/mol. The Morgan fingerprint density at radius 2 is 1.13 bits per heavy atom. The van der Waals surface area contributed by atoms with Crippen LogP contribution in [0.2, 0.25) is 0 Å². The van der Waals surface area contributed by atoms with E-state index >= 15 is 0 Å². The zero-order valence-electron chi connectivity index (χ0n) is 29.7. The summed E-state index contributed by atoms with van der Waals surface area (Å²) >= 11 is 0. The quantitative estimate of drug-likeness (QED) is 0.170. The summed E-state index contributed by atoms with van der Waals surface area (Å²) in [7, 11) is 0. The zero-order chi connectivity index (χ0) is 35.3. The molecular formula is C51H38N2.